The van der Waals surface area contributed by atoms with Gasteiger partial charge in [0.05, 0.1) is 0 Å². The highest BCUT2D eigenvalue weighted by Gasteiger charge is 2.31. The average Bonchev–Trinajstić information content (AvgIpc) is 3.08. The standard InChI is InChI=1S/C15H10N4O4/c1-6(22-7(2)20)8-3-4-9-10(5-8)11-12(13(9)21)17-15-14(16-11)18-23-19-15/h3-6H,1-2H3. The minimum atomic E-state index is -0.428. The molecule has 0 N–H and O–H groups in total. The van der Waals surface area contributed by atoms with Crippen molar-refractivity contribution < 1.29 is 19.0 Å². The van der Waals surface area contributed by atoms with Crippen LogP contribution in [0.2, 0.25) is 0 Å². The maximum absolute atomic E-state index is 12.4. The van der Waals surface area contributed by atoms with E-state index in [0.717, 1.165) is 5.56 Å². The molecule has 114 valence electrons. The Labute approximate surface area is 129 Å². The Morgan fingerprint density at radius 2 is 1.83 bits per heavy atom. The van der Waals surface area contributed by atoms with E-state index in [-0.39, 0.29) is 28.7 Å². The molecule has 2 heterocycles. The minimum absolute atomic E-state index is 0.193. The number of rotatable bonds is 2. The van der Waals surface area contributed by atoms with Crippen molar-refractivity contribution >= 4 is 23.0 Å². The van der Waals surface area contributed by atoms with E-state index < -0.39 is 6.10 Å². The predicted molar refractivity (Wildman–Crippen MR) is 76.4 cm³/mol. The van der Waals surface area contributed by atoms with E-state index in [2.05, 4.69) is 24.9 Å². The molecule has 1 unspecified atom stereocenters. The number of hydrogen-bond donors (Lipinski definition) is 0. The maximum atomic E-state index is 12.4. The van der Waals surface area contributed by atoms with Crippen LogP contribution in [0, 0.1) is 0 Å². The van der Waals surface area contributed by atoms with Crippen LogP contribution in [0.4, 0.5) is 0 Å². The van der Waals surface area contributed by atoms with Crippen molar-refractivity contribution in [2.45, 2.75) is 20.0 Å². The lowest BCUT2D eigenvalue weighted by Gasteiger charge is -2.13. The molecule has 1 aromatic carbocycles. The Bertz CT molecular complexity index is 979. The van der Waals surface area contributed by atoms with Gasteiger partial charge in [-0.05, 0) is 34.9 Å². The van der Waals surface area contributed by atoms with E-state index >= 15 is 0 Å². The monoisotopic (exact) mass is 310 g/mol. The number of nitrogens with zero attached hydrogens (tertiary/aromatic N) is 4. The van der Waals surface area contributed by atoms with Crippen molar-refractivity contribution in [2.75, 3.05) is 0 Å². The number of esters is 1. The largest absolute Gasteiger partial charge is 0.458 e. The second-order valence-corrected chi connectivity index (χ2v) is 5.22. The zero-order valence-electron chi connectivity index (χ0n) is 12.2. The summed E-state index contributed by atoms with van der Waals surface area (Å²) in [7, 11) is 0. The summed E-state index contributed by atoms with van der Waals surface area (Å²) < 4.78 is 9.75. The number of carbonyl (C=O) groups excluding carboxylic acids is 2. The van der Waals surface area contributed by atoms with Crippen LogP contribution in [0.15, 0.2) is 22.8 Å². The predicted octanol–water partition coefficient (Wildman–Crippen LogP) is 1.85. The summed E-state index contributed by atoms with van der Waals surface area (Å²) in [5.74, 6) is -0.594. The first-order valence-electron chi connectivity index (χ1n) is 6.91. The number of carbonyl (C=O) groups is 2. The molecule has 0 spiro atoms. The summed E-state index contributed by atoms with van der Waals surface area (Å²) in [6.07, 6.45) is -0.428. The summed E-state index contributed by atoms with van der Waals surface area (Å²) >= 11 is 0. The van der Waals surface area contributed by atoms with Gasteiger partial charge in [-0.1, -0.05) is 6.07 Å². The Morgan fingerprint density at radius 3 is 2.52 bits per heavy atom. The molecule has 1 atom stereocenters. The van der Waals surface area contributed by atoms with Gasteiger partial charge in [0.1, 0.15) is 17.5 Å². The highest BCUT2D eigenvalue weighted by atomic mass is 16.6. The van der Waals surface area contributed by atoms with Crippen LogP contribution < -0.4 is 0 Å². The zero-order chi connectivity index (χ0) is 16.1. The smallest absolute Gasteiger partial charge is 0.303 e. The van der Waals surface area contributed by atoms with E-state index in [9.17, 15) is 9.59 Å². The van der Waals surface area contributed by atoms with E-state index in [1.54, 1.807) is 25.1 Å². The molecule has 8 nitrogen and oxygen atoms in total. The zero-order valence-corrected chi connectivity index (χ0v) is 12.2. The number of benzene rings is 1. The lowest BCUT2D eigenvalue weighted by Crippen LogP contribution is -2.05. The molecule has 23 heavy (non-hydrogen) atoms. The molecule has 1 aliphatic carbocycles. The molecule has 4 rings (SSSR count). The van der Waals surface area contributed by atoms with Gasteiger partial charge in [0, 0.05) is 18.1 Å². The van der Waals surface area contributed by atoms with Crippen LogP contribution in [0.25, 0.3) is 22.6 Å². The molecule has 0 aliphatic heterocycles. The SMILES string of the molecule is CC(=O)OC(C)c1ccc2c(c1)-c1nc3nonc3nc1C2=O. The Hall–Kier alpha value is -3.16. The van der Waals surface area contributed by atoms with E-state index in [0.29, 0.717) is 16.8 Å². The van der Waals surface area contributed by atoms with Gasteiger partial charge in [0.25, 0.3) is 0 Å². The first kappa shape index (κ1) is 13.5. The normalized spacial score (nSPS) is 13.7. The van der Waals surface area contributed by atoms with Gasteiger partial charge in [-0.15, -0.1) is 0 Å². The fourth-order valence-electron chi connectivity index (χ4n) is 2.64. The molecule has 0 saturated carbocycles. The number of aromatic nitrogens is 4. The van der Waals surface area contributed by atoms with Crippen molar-refractivity contribution in [1.29, 1.82) is 0 Å². The third-order valence-electron chi connectivity index (χ3n) is 3.68. The Balaban J connectivity index is 1.87. The highest BCUT2D eigenvalue weighted by Crippen LogP contribution is 2.36. The number of hydrogen-bond acceptors (Lipinski definition) is 8. The summed E-state index contributed by atoms with van der Waals surface area (Å²) in [4.78, 5) is 32.0. The van der Waals surface area contributed by atoms with Crippen molar-refractivity contribution in [2.24, 2.45) is 0 Å². The number of fused-ring (bicyclic) bond motifs is 4. The molecule has 3 aromatic rings. The molecule has 2 aromatic heterocycles. The van der Waals surface area contributed by atoms with Gasteiger partial charge < -0.3 is 4.74 Å². The quantitative estimate of drug-likeness (QED) is 0.516. The fourth-order valence-corrected chi connectivity index (χ4v) is 2.64. The third-order valence-corrected chi connectivity index (χ3v) is 3.68. The minimum Gasteiger partial charge on any atom is -0.458 e. The lowest BCUT2D eigenvalue weighted by atomic mass is 10.0. The van der Waals surface area contributed by atoms with Crippen LogP contribution in [0.5, 0.6) is 0 Å². The maximum Gasteiger partial charge on any atom is 0.303 e. The first-order valence-corrected chi connectivity index (χ1v) is 6.91. The summed E-state index contributed by atoms with van der Waals surface area (Å²) in [5.41, 5.74) is 2.99. The van der Waals surface area contributed by atoms with Crippen molar-refractivity contribution in [3.8, 4) is 11.3 Å². The van der Waals surface area contributed by atoms with Crippen molar-refractivity contribution in [3.05, 3.63) is 35.0 Å². The third kappa shape index (κ3) is 1.99. The van der Waals surface area contributed by atoms with Crippen LogP contribution in [0.1, 0.15) is 41.6 Å². The topological polar surface area (TPSA) is 108 Å². The average molecular weight is 310 g/mol. The molecule has 1 aliphatic rings. The van der Waals surface area contributed by atoms with Gasteiger partial charge in [0.2, 0.25) is 17.1 Å². The van der Waals surface area contributed by atoms with Gasteiger partial charge >= 0.3 is 5.97 Å². The molecule has 0 radical (unpaired) electrons. The second-order valence-electron chi connectivity index (χ2n) is 5.22. The molecule has 8 heteroatoms. The Morgan fingerprint density at radius 1 is 1.13 bits per heavy atom. The van der Waals surface area contributed by atoms with Crippen LogP contribution in [-0.2, 0) is 9.53 Å². The molecule has 0 amide bonds. The first-order chi connectivity index (χ1) is 11.0. The summed E-state index contributed by atoms with van der Waals surface area (Å²) in [6.45, 7) is 3.11. The fraction of sp³-hybridized carbons (Fsp3) is 0.200. The van der Waals surface area contributed by atoms with E-state index in [4.69, 9.17) is 4.74 Å². The molecule has 0 bridgehead atoms. The summed E-state index contributed by atoms with van der Waals surface area (Å²) in [5, 5.41) is 7.25. The van der Waals surface area contributed by atoms with Gasteiger partial charge in [-0.25, -0.2) is 14.6 Å². The van der Waals surface area contributed by atoms with Crippen LogP contribution >= 0.6 is 0 Å². The van der Waals surface area contributed by atoms with E-state index in [1.165, 1.54) is 6.92 Å². The van der Waals surface area contributed by atoms with Crippen molar-refractivity contribution in [3.63, 3.8) is 0 Å². The summed E-state index contributed by atoms with van der Waals surface area (Å²) in [6, 6.07) is 5.22. The molecule has 0 fully saturated rings. The molecule has 0 saturated heterocycles. The second kappa shape index (κ2) is 4.67. The van der Waals surface area contributed by atoms with Crippen LogP contribution in [-0.4, -0.2) is 32.0 Å². The van der Waals surface area contributed by atoms with E-state index in [1.807, 2.05) is 0 Å². The van der Waals surface area contributed by atoms with Gasteiger partial charge in [0.15, 0.2) is 0 Å². The number of ketones is 1. The van der Waals surface area contributed by atoms with Gasteiger partial charge in [-0.3, -0.25) is 9.59 Å². The number of ether oxygens (including phenoxy) is 1. The molecular weight excluding hydrogens is 300 g/mol. The van der Waals surface area contributed by atoms with Crippen LogP contribution in [0.3, 0.4) is 0 Å². The lowest BCUT2D eigenvalue weighted by molar-refractivity contribution is -0.145. The highest BCUT2D eigenvalue weighted by molar-refractivity contribution is 6.20. The molecular formula is C15H10N4O4. The Kier molecular flexibility index (Phi) is 2.74. The van der Waals surface area contributed by atoms with Crippen molar-refractivity contribution in [1.82, 2.24) is 20.3 Å². The van der Waals surface area contributed by atoms with Gasteiger partial charge in [-0.2, -0.15) is 0 Å².